The van der Waals surface area contributed by atoms with Crippen molar-refractivity contribution in [2.75, 3.05) is 19.6 Å². The molecule has 1 aliphatic heterocycles. The van der Waals surface area contributed by atoms with Gasteiger partial charge in [-0.1, -0.05) is 0 Å². The van der Waals surface area contributed by atoms with E-state index in [1.54, 1.807) is 6.92 Å². The van der Waals surface area contributed by atoms with Crippen molar-refractivity contribution in [3.8, 4) is 0 Å². The summed E-state index contributed by atoms with van der Waals surface area (Å²) in [4.78, 5) is 2.39. The number of likely N-dealkylation sites (tertiary alicyclic amines) is 1. The molecule has 1 heterocycles. The number of hydrogen-bond donors (Lipinski definition) is 2. The minimum atomic E-state index is -3.22. The maximum Gasteiger partial charge on any atom is 0.215 e. The van der Waals surface area contributed by atoms with Crippen LogP contribution in [-0.2, 0) is 10.0 Å². The number of nitrogens with zero attached hydrogens (tertiary/aromatic N) is 1. The lowest BCUT2D eigenvalue weighted by Crippen LogP contribution is -2.43. The van der Waals surface area contributed by atoms with E-state index >= 15 is 0 Å². The first-order valence-corrected chi connectivity index (χ1v) is 7.53. The molecule has 1 saturated carbocycles. The van der Waals surface area contributed by atoms with Crippen LogP contribution >= 0.6 is 0 Å². The molecule has 6 heteroatoms. The van der Waals surface area contributed by atoms with E-state index in [9.17, 15) is 8.42 Å². The highest BCUT2D eigenvalue weighted by Crippen LogP contribution is 2.29. The predicted octanol–water partition coefficient (Wildman–Crippen LogP) is -0.510. The van der Waals surface area contributed by atoms with Gasteiger partial charge in [-0.05, 0) is 26.2 Å². The van der Waals surface area contributed by atoms with Gasteiger partial charge < -0.3 is 5.73 Å². The number of nitrogens with two attached hydrogens (primary N) is 1. The van der Waals surface area contributed by atoms with Gasteiger partial charge in [0.2, 0.25) is 10.0 Å². The average Bonchev–Trinajstić information content (AvgIpc) is 2.99. The summed E-state index contributed by atoms with van der Waals surface area (Å²) in [6, 6.07) is 0.807. The molecule has 2 unspecified atom stereocenters. The molecule has 16 heavy (non-hydrogen) atoms. The zero-order chi connectivity index (χ0) is 11.8. The molecule has 2 atom stereocenters. The van der Waals surface area contributed by atoms with Gasteiger partial charge in [0.1, 0.15) is 0 Å². The third kappa shape index (κ3) is 2.74. The molecule has 5 nitrogen and oxygen atoms in total. The Morgan fingerprint density at radius 2 is 2.12 bits per heavy atom. The second-order valence-electron chi connectivity index (χ2n) is 4.92. The van der Waals surface area contributed by atoms with Crippen molar-refractivity contribution in [3.63, 3.8) is 0 Å². The molecule has 0 aromatic carbocycles. The number of nitrogens with one attached hydrogen (secondary N) is 1. The predicted molar refractivity (Wildman–Crippen MR) is 63.6 cm³/mol. The molecule has 1 aliphatic carbocycles. The highest BCUT2D eigenvalue weighted by atomic mass is 32.2. The molecule has 0 aromatic rings. The Labute approximate surface area is 97.4 Å². The molecule has 0 radical (unpaired) electrons. The second kappa shape index (κ2) is 4.60. The highest BCUT2D eigenvalue weighted by Gasteiger charge is 2.36. The molecule has 94 valence electrons. The molecule has 0 spiro atoms. The fraction of sp³-hybridized carbons (Fsp3) is 1.00. The molecule has 2 aliphatic rings. The summed E-state index contributed by atoms with van der Waals surface area (Å²) in [7, 11) is -3.22. The van der Waals surface area contributed by atoms with Crippen LogP contribution in [0.3, 0.4) is 0 Å². The Balaban J connectivity index is 1.86. The van der Waals surface area contributed by atoms with Crippen LogP contribution in [0, 0.1) is 0 Å². The minimum absolute atomic E-state index is 0.0830. The zero-order valence-electron chi connectivity index (χ0n) is 9.72. The Kier molecular flexibility index (Phi) is 3.53. The van der Waals surface area contributed by atoms with Crippen molar-refractivity contribution in [1.29, 1.82) is 0 Å². The SMILES string of the molecule is CC(CN)S(=O)(=O)NC1CCN(C2CC2)C1. The largest absolute Gasteiger partial charge is 0.329 e. The fourth-order valence-electron chi connectivity index (χ4n) is 2.13. The highest BCUT2D eigenvalue weighted by molar-refractivity contribution is 7.90. The number of sulfonamides is 1. The summed E-state index contributed by atoms with van der Waals surface area (Å²) in [5.41, 5.74) is 5.39. The van der Waals surface area contributed by atoms with Crippen molar-refractivity contribution in [2.45, 2.75) is 43.5 Å². The van der Waals surface area contributed by atoms with Crippen LogP contribution < -0.4 is 10.5 Å². The summed E-state index contributed by atoms with van der Waals surface area (Å²) >= 11 is 0. The lowest BCUT2D eigenvalue weighted by Gasteiger charge is -2.18. The van der Waals surface area contributed by atoms with Gasteiger partial charge >= 0.3 is 0 Å². The Bertz CT molecular complexity index is 340. The van der Waals surface area contributed by atoms with Crippen molar-refractivity contribution in [3.05, 3.63) is 0 Å². The fourth-order valence-corrected chi connectivity index (χ4v) is 3.27. The van der Waals surface area contributed by atoms with Crippen LogP contribution in [0.1, 0.15) is 26.2 Å². The van der Waals surface area contributed by atoms with Gasteiger partial charge in [0.15, 0.2) is 0 Å². The van der Waals surface area contributed by atoms with E-state index in [2.05, 4.69) is 9.62 Å². The van der Waals surface area contributed by atoms with Gasteiger partial charge in [0, 0.05) is 31.7 Å². The molecule has 2 rings (SSSR count). The molecule has 3 N–H and O–H groups in total. The quantitative estimate of drug-likeness (QED) is 0.686. The second-order valence-corrected chi connectivity index (χ2v) is 7.05. The first kappa shape index (κ1) is 12.3. The van der Waals surface area contributed by atoms with Crippen LogP contribution in [-0.4, -0.2) is 50.3 Å². The molecule has 2 fully saturated rings. The topological polar surface area (TPSA) is 75.4 Å². The molecule has 0 amide bonds. The van der Waals surface area contributed by atoms with Crippen LogP contribution in [0.15, 0.2) is 0 Å². The Morgan fingerprint density at radius 1 is 1.44 bits per heavy atom. The normalized spacial score (nSPS) is 29.5. The van der Waals surface area contributed by atoms with Gasteiger partial charge in [0.05, 0.1) is 5.25 Å². The summed E-state index contributed by atoms with van der Waals surface area (Å²) < 4.78 is 26.4. The summed E-state index contributed by atoms with van der Waals surface area (Å²) in [6.07, 6.45) is 3.48. The van der Waals surface area contributed by atoms with E-state index in [1.807, 2.05) is 0 Å². The van der Waals surface area contributed by atoms with Gasteiger partial charge in [-0.25, -0.2) is 13.1 Å². The number of rotatable bonds is 5. The third-order valence-electron chi connectivity index (χ3n) is 3.48. The van der Waals surface area contributed by atoms with E-state index in [4.69, 9.17) is 5.73 Å². The lowest BCUT2D eigenvalue weighted by molar-refractivity contribution is 0.322. The Hall–Kier alpha value is -0.170. The van der Waals surface area contributed by atoms with Gasteiger partial charge in [0.25, 0.3) is 0 Å². The molecular weight excluding hydrogens is 226 g/mol. The standard InChI is InChI=1S/C10H21N3O2S/c1-8(6-11)16(14,15)12-9-4-5-13(7-9)10-2-3-10/h8-10,12H,2-7,11H2,1H3. The van der Waals surface area contributed by atoms with Crippen molar-refractivity contribution in [2.24, 2.45) is 5.73 Å². The van der Waals surface area contributed by atoms with Crippen molar-refractivity contribution in [1.82, 2.24) is 9.62 Å². The lowest BCUT2D eigenvalue weighted by atomic mass is 10.3. The van der Waals surface area contributed by atoms with Crippen LogP contribution in [0.4, 0.5) is 0 Å². The first-order valence-electron chi connectivity index (χ1n) is 5.98. The maximum absolute atomic E-state index is 11.8. The van der Waals surface area contributed by atoms with Crippen LogP contribution in [0.5, 0.6) is 0 Å². The molecule has 0 aromatic heterocycles. The van der Waals surface area contributed by atoms with E-state index in [0.29, 0.717) is 0 Å². The van der Waals surface area contributed by atoms with Crippen LogP contribution in [0.2, 0.25) is 0 Å². The third-order valence-corrected chi connectivity index (χ3v) is 5.39. The van der Waals surface area contributed by atoms with E-state index in [0.717, 1.165) is 25.6 Å². The smallest absolute Gasteiger partial charge is 0.215 e. The minimum Gasteiger partial charge on any atom is -0.329 e. The average molecular weight is 247 g/mol. The van der Waals surface area contributed by atoms with E-state index in [1.165, 1.54) is 12.8 Å². The van der Waals surface area contributed by atoms with Gasteiger partial charge in [-0.15, -0.1) is 0 Å². The monoisotopic (exact) mass is 247 g/mol. The van der Waals surface area contributed by atoms with Crippen molar-refractivity contribution >= 4 is 10.0 Å². The number of hydrogen-bond acceptors (Lipinski definition) is 4. The van der Waals surface area contributed by atoms with E-state index < -0.39 is 15.3 Å². The Morgan fingerprint density at radius 3 is 2.69 bits per heavy atom. The van der Waals surface area contributed by atoms with Gasteiger partial charge in [-0.2, -0.15) is 0 Å². The van der Waals surface area contributed by atoms with Crippen molar-refractivity contribution < 1.29 is 8.42 Å². The van der Waals surface area contributed by atoms with Crippen LogP contribution in [0.25, 0.3) is 0 Å². The summed E-state index contributed by atoms with van der Waals surface area (Å²) in [5.74, 6) is 0. The summed E-state index contributed by atoms with van der Waals surface area (Å²) in [5, 5.41) is -0.498. The maximum atomic E-state index is 11.8. The molecule has 1 saturated heterocycles. The zero-order valence-corrected chi connectivity index (χ0v) is 10.5. The molecular formula is C10H21N3O2S. The van der Waals surface area contributed by atoms with Gasteiger partial charge in [-0.3, -0.25) is 4.90 Å². The van der Waals surface area contributed by atoms with E-state index in [-0.39, 0.29) is 12.6 Å². The summed E-state index contributed by atoms with van der Waals surface area (Å²) in [6.45, 7) is 3.71. The molecule has 0 bridgehead atoms. The first-order chi connectivity index (χ1) is 7.53.